The van der Waals surface area contributed by atoms with Crippen LogP contribution < -0.4 is 0 Å². The number of hydrogen-bond acceptors (Lipinski definition) is 0. The van der Waals surface area contributed by atoms with Crippen molar-refractivity contribution in [1.29, 1.82) is 0 Å². The van der Waals surface area contributed by atoms with Gasteiger partial charge in [0, 0.05) is 0 Å². The van der Waals surface area contributed by atoms with Crippen LogP contribution in [0.2, 0.25) is 0 Å². The quantitative estimate of drug-likeness (QED) is 0.543. The Morgan fingerprint density at radius 1 is 1.00 bits per heavy atom. The van der Waals surface area contributed by atoms with Crippen LogP contribution in [0.5, 0.6) is 0 Å². The summed E-state index contributed by atoms with van der Waals surface area (Å²) in [4.78, 5) is 0. The number of allylic oxidation sites excluding steroid dienone is 5. The topological polar surface area (TPSA) is 0 Å². The van der Waals surface area contributed by atoms with Crippen LogP contribution >= 0.6 is 0 Å². The molecule has 0 N–H and O–H groups in total. The molecule has 0 aliphatic rings. The van der Waals surface area contributed by atoms with E-state index in [0.717, 1.165) is 5.92 Å². The molecule has 0 unspecified atom stereocenters. The first-order valence-electron chi connectivity index (χ1n) is 5.26. The second-order valence-electron chi connectivity index (χ2n) is 4.67. The molecule has 0 nitrogen and oxygen atoms in total. The molecule has 0 aliphatic heterocycles. The van der Waals surface area contributed by atoms with E-state index < -0.39 is 0 Å². The van der Waals surface area contributed by atoms with Gasteiger partial charge < -0.3 is 0 Å². The van der Waals surface area contributed by atoms with Gasteiger partial charge in [0.05, 0.1) is 0 Å². The molecule has 0 saturated heterocycles. The summed E-state index contributed by atoms with van der Waals surface area (Å²) in [5, 5.41) is 0. The monoisotopic (exact) mass is 194 g/mol. The van der Waals surface area contributed by atoms with Crippen LogP contribution in [-0.4, -0.2) is 0 Å². The highest BCUT2D eigenvalue weighted by Crippen LogP contribution is 2.23. The molecule has 0 aliphatic carbocycles. The van der Waals surface area contributed by atoms with Crippen molar-refractivity contribution in [1.82, 2.24) is 0 Å². The Morgan fingerprint density at radius 3 is 1.64 bits per heavy atom. The Labute approximate surface area is 90.4 Å². The van der Waals surface area contributed by atoms with Gasteiger partial charge in [0.25, 0.3) is 0 Å². The summed E-state index contributed by atoms with van der Waals surface area (Å²) in [7, 11) is 0. The molecule has 0 rings (SSSR count). The van der Waals surface area contributed by atoms with Crippen LogP contribution in [0, 0.1) is 11.3 Å². The first-order chi connectivity index (χ1) is 6.36. The molecule has 0 amide bonds. The second-order valence-corrected chi connectivity index (χ2v) is 4.67. The molecule has 0 heterocycles. The minimum absolute atomic E-state index is 0.500. The Hall–Kier alpha value is -0.780. The molecule has 82 valence electrons. The third-order valence-corrected chi connectivity index (χ3v) is 2.28. The Morgan fingerprint density at radius 2 is 1.43 bits per heavy atom. The lowest BCUT2D eigenvalue weighted by Gasteiger charge is -2.22. The fourth-order valence-electron chi connectivity index (χ4n) is 0.254. The van der Waals surface area contributed by atoms with E-state index in [4.69, 9.17) is 0 Å². The Balaban J connectivity index is 0. The summed E-state index contributed by atoms with van der Waals surface area (Å²) in [5.41, 5.74) is 0.500. The van der Waals surface area contributed by atoms with Gasteiger partial charge in [-0.1, -0.05) is 71.6 Å². The summed E-state index contributed by atoms with van der Waals surface area (Å²) < 4.78 is 0. The fourth-order valence-corrected chi connectivity index (χ4v) is 0.254. The van der Waals surface area contributed by atoms with Crippen molar-refractivity contribution in [3.63, 3.8) is 0 Å². The van der Waals surface area contributed by atoms with Gasteiger partial charge in [-0.15, -0.1) is 0 Å². The van der Waals surface area contributed by atoms with Crippen molar-refractivity contribution in [2.24, 2.45) is 11.3 Å². The molecule has 0 atom stereocenters. The predicted octanol–water partition coefficient (Wildman–Crippen LogP) is 4.99. The van der Waals surface area contributed by atoms with E-state index in [0.29, 0.717) is 5.41 Å². The lowest BCUT2D eigenvalue weighted by atomic mass is 9.84. The molecular weight excluding hydrogens is 168 g/mol. The summed E-state index contributed by atoms with van der Waals surface area (Å²) in [6.07, 6.45) is 9.51. The molecule has 0 aromatic carbocycles. The summed E-state index contributed by atoms with van der Waals surface area (Å²) in [5.74, 6) is 0.799. The Bertz CT molecular complexity index is 175. The van der Waals surface area contributed by atoms with Crippen molar-refractivity contribution in [3.05, 3.63) is 37.0 Å². The summed E-state index contributed by atoms with van der Waals surface area (Å²) >= 11 is 0. The third kappa shape index (κ3) is 13.8. The van der Waals surface area contributed by atoms with Crippen LogP contribution in [0.3, 0.4) is 0 Å². The number of rotatable bonds is 2. The molecule has 0 aromatic heterocycles. The Kier molecular flexibility index (Phi) is 9.86. The minimum atomic E-state index is 0.500. The normalized spacial score (nSPS) is 11.9. The lowest BCUT2D eigenvalue weighted by molar-refractivity contribution is 0.283. The zero-order chi connectivity index (χ0) is 11.6. The molecule has 0 heteroatoms. The maximum Gasteiger partial charge on any atom is -0.0360 e. The average molecular weight is 194 g/mol. The summed E-state index contributed by atoms with van der Waals surface area (Å²) in [6.45, 7) is 16.8. The smallest absolute Gasteiger partial charge is 0.0360 e. The average Bonchev–Trinajstić information content (AvgIpc) is 2.05. The van der Waals surface area contributed by atoms with Crippen LogP contribution in [-0.2, 0) is 0 Å². The van der Waals surface area contributed by atoms with Gasteiger partial charge in [0.2, 0.25) is 0 Å². The maximum atomic E-state index is 3.51. The largest absolute Gasteiger partial charge is 0.0991 e. The highest BCUT2D eigenvalue weighted by atomic mass is 14.2. The number of hydrogen-bond donors (Lipinski definition) is 0. The molecule has 0 fully saturated rings. The van der Waals surface area contributed by atoms with Crippen LogP contribution in [0.25, 0.3) is 0 Å². The van der Waals surface area contributed by atoms with E-state index in [2.05, 4.69) is 41.2 Å². The van der Waals surface area contributed by atoms with Crippen molar-refractivity contribution in [2.45, 2.75) is 41.5 Å². The van der Waals surface area contributed by atoms with Gasteiger partial charge in [-0.2, -0.15) is 0 Å². The van der Waals surface area contributed by atoms with E-state index in [9.17, 15) is 0 Å². The molecule has 0 radical (unpaired) electrons. The van der Waals surface area contributed by atoms with Crippen molar-refractivity contribution in [2.75, 3.05) is 0 Å². The van der Waals surface area contributed by atoms with Gasteiger partial charge in [0.15, 0.2) is 0 Å². The molecule has 14 heavy (non-hydrogen) atoms. The van der Waals surface area contributed by atoms with Gasteiger partial charge in [0.1, 0.15) is 0 Å². The highest BCUT2D eigenvalue weighted by molar-refractivity contribution is 5.07. The van der Waals surface area contributed by atoms with E-state index >= 15 is 0 Å². The second kappa shape index (κ2) is 8.80. The van der Waals surface area contributed by atoms with Gasteiger partial charge in [-0.25, -0.2) is 0 Å². The first kappa shape index (κ1) is 15.7. The summed E-state index contributed by atoms with van der Waals surface area (Å²) in [6, 6.07) is 0. The standard InChI is InChI=1S/C7H16.C7H10/c1-6(2)7(3,4)5;1-3-5-7-6-4-2/h6H,1-5H3;3-7H,1H2,2H3/b;6-4-,7-5-. The molecule has 0 bridgehead atoms. The highest BCUT2D eigenvalue weighted by Gasteiger charge is 2.13. The zero-order valence-electron chi connectivity index (χ0n) is 10.7. The molecule has 0 spiro atoms. The lowest BCUT2D eigenvalue weighted by Crippen LogP contribution is -2.12. The van der Waals surface area contributed by atoms with Crippen molar-refractivity contribution < 1.29 is 0 Å². The van der Waals surface area contributed by atoms with Gasteiger partial charge in [-0.05, 0) is 18.3 Å². The van der Waals surface area contributed by atoms with E-state index in [1.165, 1.54) is 0 Å². The van der Waals surface area contributed by atoms with Gasteiger partial charge in [-0.3, -0.25) is 0 Å². The van der Waals surface area contributed by atoms with E-state index in [1.807, 2.05) is 31.2 Å². The predicted molar refractivity (Wildman–Crippen MR) is 68.4 cm³/mol. The first-order valence-corrected chi connectivity index (χ1v) is 5.26. The maximum absolute atomic E-state index is 3.51. The van der Waals surface area contributed by atoms with Crippen LogP contribution in [0.1, 0.15) is 41.5 Å². The van der Waals surface area contributed by atoms with Crippen molar-refractivity contribution in [3.8, 4) is 0 Å². The molecule has 0 saturated carbocycles. The van der Waals surface area contributed by atoms with Gasteiger partial charge >= 0.3 is 0 Å². The molecule has 0 aromatic rings. The zero-order valence-corrected chi connectivity index (χ0v) is 10.7. The van der Waals surface area contributed by atoms with Crippen LogP contribution in [0.15, 0.2) is 37.0 Å². The minimum Gasteiger partial charge on any atom is -0.0991 e. The fraction of sp³-hybridized carbons (Fsp3) is 0.571. The third-order valence-electron chi connectivity index (χ3n) is 2.28. The van der Waals surface area contributed by atoms with E-state index in [1.54, 1.807) is 6.08 Å². The SMILES string of the molecule is C=C/C=C\C=C/C.CC(C)C(C)(C)C. The van der Waals surface area contributed by atoms with Crippen LogP contribution in [0.4, 0.5) is 0 Å². The van der Waals surface area contributed by atoms with E-state index in [-0.39, 0.29) is 0 Å². The molecular formula is C14H26. The van der Waals surface area contributed by atoms with Crippen molar-refractivity contribution >= 4 is 0 Å².